The van der Waals surface area contributed by atoms with Gasteiger partial charge in [-0.1, -0.05) is 239 Å². The van der Waals surface area contributed by atoms with Crippen LogP contribution in [0.25, 0.3) is 0 Å². The second-order valence-electron chi connectivity index (χ2n) is 17.2. The molecule has 66 heavy (non-hydrogen) atoms. The number of esters is 3. The monoisotopic (exact) mass is 913 g/mol. The number of unbranched alkanes of at least 4 members (excludes halogenated alkanes) is 22. The molecule has 0 aromatic carbocycles. The average Bonchev–Trinajstić information content (AvgIpc) is 3.31. The van der Waals surface area contributed by atoms with E-state index in [0.29, 0.717) is 12.8 Å². The van der Waals surface area contributed by atoms with Gasteiger partial charge in [0, 0.05) is 19.3 Å². The van der Waals surface area contributed by atoms with Crippen LogP contribution >= 0.6 is 0 Å². The normalized spacial score (nSPS) is 13.1. The molecule has 372 valence electrons. The van der Waals surface area contributed by atoms with Crippen molar-refractivity contribution in [3.05, 3.63) is 122 Å². The van der Waals surface area contributed by atoms with Crippen molar-refractivity contribution < 1.29 is 28.6 Å². The number of hydrogen-bond donors (Lipinski definition) is 0. The highest BCUT2D eigenvalue weighted by atomic mass is 16.6. The van der Waals surface area contributed by atoms with Gasteiger partial charge in [-0.2, -0.15) is 0 Å². The molecular weight excluding hydrogens is 817 g/mol. The highest BCUT2D eigenvalue weighted by Crippen LogP contribution is 2.14. The Morgan fingerprint density at radius 3 is 0.924 bits per heavy atom. The summed E-state index contributed by atoms with van der Waals surface area (Å²) in [6.45, 7) is 6.29. The zero-order valence-electron chi connectivity index (χ0n) is 42.4. The summed E-state index contributed by atoms with van der Waals surface area (Å²) in [4.78, 5) is 38.1. The Kier molecular flexibility index (Phi) is 50.0. The molecular formula is C60H96O6. The van der Waals surface area contributed by atoms with Gasteiger partial charge >= 0.3 is 17.9 Å². The highest BCUT2D eigenvalue weighted by molar-refractivity contribution is 5.71. The van der Waals surface area contributed by atoms with Crippen LogP contribution < -0.4 is 0 Å². The number of hydrogen-bond acceptors (Lipinski definition) is 6. The molecule has 0 aromatic heterocycles. The molecule has 0 aromatic rings. The van der Waals surface area contributed by atoms with Crippen molar-refractivity contribution in [2.75, 3.05) is 13.2 Å². The summed E-state index contributed by atoms with van der Waals surface area (Å²) in [5.74, 6) is -0.965. The van der Waals surface area contributed by atoms with Crippen molar-refractivity contribution in [2.45, 2.75) is 226 Å². The van der Waals surface area contributed by atoms with Gasteiger partial charge in [-0.25, -0.2) is 0 Å². The summed E-state index contributed by atoms with van der Waals surface area (Å²) in [5.41, 5.74) is 0. The number of rotatable bonds is 46. The Labute approximate surface area is 405 Å². The van der Waals surface area contributed by atoms with Gasteiger partial charge in [-0.3, -0.25) is 14.4 Å². The van der Waals surface area contributed by atoms with Gasteiger partial charge in [0.1, 0.15) is 13.2 Å². The standard InChI is InChI=1S/C60H96O6/c1-4-7-10-13-16-19-22-25-28-29-30-33-35-38-41-44-47-50-53-59(62)65-56-57(66-60(63)54-51-48-45-42-39-36-32-27-24-21-18-15-12-9-6-3)55-64-58(61)52-49-46-43-40-37-34-31-26-23-20-17-14-11-8-5-2/h8-9,11-12,14-15,17-18,20-25,27-30,32-33,57H,4-7,10,13,16,19,26,31,34-56H2,1-3H3/b11-8-,12-9-,17-14-,18-15-,23-20-,24-21-,25-22-,29-28-,32-27-,33-30-. The van der Waals surface area contributed by atoms with Crippen LogP contribution in [0.1, 0.15) is 220 Å². The molecule has 0 bridgehead atoms. The van der Waals surface area contributed by atoms with Crippen molar-refractivity contribution in [3.63, 3.8) is 0 Å². The van der Waals surface area contributed by atoms with Crippen LogP contribution in [0.3, 0.4) is 0 Å². The molecule has 6 nitrogen and oxygen atoms in total. The van der Waals surface area contributed by atoms with Gasteiger partial charge in [0.05, 0.1) is 0 Å². The number of carbonyl (C=O) groups is 3. The molecule has 0 amide bonds. The molecule has 0 fully saturated rings. The van der Waals surface area contributed by atoms with Crippen molar-refractivity contribution in [3.8, 4) is 0 Å². The maximum atomic E-state index is 12.8. The lowest BCUT2D eigenvalue weighted by atomic mass is 10.1. The third kappa shape index (κ3) is 50.8. The van der Waals surface area contributed by atoms with E-state index >= 15 is 0 Å². The van der Waals surface area contributed by atoms with Crippen molar-refractivity contribution in [1.82, 2.24) is 0 Å². The summed E-state index contributed by atoms with van der Waals surface area (Å²) in [6, 6.07) is 0. The number of carbonyl (C=O) groups excluding carboxylic acids is 3. The highest BCUT2D eigenvalue weighted by Gasteiger charge is 2.19. The van der Waals surface area contributed by atoms with Crippen molar-refractivity contribution in [1.29, 1.82) is 0 Å². The van der Waals surface area contributed by atoms with Crippen LogP contribution in [-0.2, 0) is 28.6 Å². The predicted molar refractivity (Wildman–Crippen MR) is 283 cm³/mol. The van der Waals surface area contributed by atoms with Crippen molar-refractivity contribution >= 4 is 17.9 Å². The maximum absolute atomic E-state index is 12.8. The molecule has 1 atom stereocenters. The Morgan fingerprint density at radius 2 is 0.591 bits per heavy atom. The second-order valence-corrected chi connectivity index (χ2v) is 17.2. The van der Waals surface area contributed by atoms with E-state index in [1.165, 1.54) is 57.8 Å². The Morgan fingerprint density at radius 1 is 0.318 bits per heavy atom. The van der Waals surface area contributed by atoms with Gasteiger partial charge in [0.15, 0.2) is 6.10 Å². The first kappa shape index (κ1) is 61.8. The zero-order valence-corrected chi connectivity index (χ0v) is 42.4. The largest absolute Gasteiger partial charge is 0.462 e. The lowest BCUT2D eigenvalue weighted by molar-refractivity contribution is -0.167. The first-order valence-corrected chi connectivity index (χ1v) is 26.7. The minimum Gasteiger partial charge on any atom is -0.462 e. The van der Waals surface area contributed by atoms with Crippen LogP contribution in [0.2, 0.25) is 0 Å². The fourth-order valence-corrected chi connectivity index (χ4v) is 6.92. The lowest BCUT2D eigenvalue weighted by Gasteiger charge is -2.18. The summed E-state index contributed by atoms with van der Waals surface area (Å²) in [7, 11) is 0. The quantitative estimate of drug-likeness (QED) is 0.0262. The average molecular weight is 913 g/mol. The van der Waals surface area contributed by atoms with Crippen LogP contribution in [0, 0.1) is 0 Å². The lowest BCUT2D eigenvalue weighted by Crippen LogP contribution is -2.30. The van der Waals surface area contributed by atoms with Crippen LogP contribution in [0.15, 0.2) is 122 Å². The van der Waals surface area contributed by atoms with E-state index in [4.69, 9.17) is 14.2 Å². The third-order valence-electron chi connectivity index (χ3n) is 10.9. The Hall–Kier alpha value is -4.19. The van der Waals surface area contributed by atoms with Gasteiger partial charge < -0.3 is 14.2 Å². The molecule has 0 N–H and O–H groups in total. The fraction of sp³-hybridized carbons (Fsp3) is 0.617. The molecule has 0 aliphatic rings. The van der Waals surface area contributed by atoms with Gasteiger partial charge in [-0.05, 0) is 83.5 Å². The summed E-state index contributed by atoms with van der Waals surface area (Å²) in [5, 5.41) is 0. The first-order valence-electron chi connectivity index (χ1n) is 26.7. The summed E-state index contributed by atoms with van der Waals surface area (Å²) >= 11 is 0. The van der Waals surface area contributed by atoms with E-state index in [2.05, 4.69) is 118 Å². The molecule has 6 heteroatoms. The Balaban J connectivity index is 4.50. The predicted octanol–water partition coefficient (Wildman–Crippen LogP) is 17.7. The molecule has 0 spiro atoms. The van der Waals surface area contributed by atoms with E-state index in [0.717, 1.165) is 122 Å². The number of allylic oxidation sites excluding steroid dienone is 20. The fourth-order valence-electron chi connectivity index (χ4n) is 6.92. The second kappa shape index (κ2) is 53.4. The van der Waals surface area contributed by atoms with E-state index in [1.54, 1.807) is 0 Å². The van der Waals surface area contributed by atoms with Crippen LogP contribution in [0.4, 0.5) is 0 Å². The maximum Gasteiger partial charge on any atom is 0.306 e. The topological polar surface area (TPSA) is 78.9 Å². The number of ether oxygens (including phenoxy) is 3. The molecule has 0 saturated carbocycles. The van der Waals surface area contributed by atoms with Crippen molar-refractivity contribution in [2.24, 2.45) is 0 Å². The van der Waals surface area contributed by atoms with Gasteiger partial charge in [-0.15, -0.1) is 0 Å². The molecule has 0 heterocycles. The molecule has 1 unspecified atom stereocenters. The zero-order chi connectivity index (χ0) is 47.9. The van der Waals surface area contributed by atoms with Gasteiger partial charge in [0.2, 0.25) is 0 Å². The van der Waals surface area contributed by atoms with Crippen LogP contribution in [0.5, 0.6) is 0 Å². The van der Waals surface area contributed by atoms with Gasteiger partial charge in [0.25, 0.3) is 0 Å². The SMILES string of the molecule is CC\C=C/C=C\C=C/C=C\CCCCCCCC(=O)OC(COC(=O)CCCCCCC\C=C/C=C\C=C/CCCCCCC)COC(=O)CCCCCCCCC\C=C/C=C\C=C/CC. The third-order valence-corrected chi connectivity index (χ3v) is 10.9. The molecule has 0 rings (SSSR count). The van der Waals surface area contributed by atoms with E-state index < -0.39 is 6.10 Å². The molecule has 0 aliphatic heterocycles. The Bertz CT molecular complexity index is 1420. The smallest absolute Gasteiger partial charge is 0.306 e. The minimum absolute atomic E-state index is 0.105. The first-order chi connectivity index (χ1) is 32.5. The molecule has 0 radical (unpaired) electrons. The van der Waals surface area contributed by atoms with E-state index in [9.17, 15) is 14.4 Å². The van der Waals surface area contributed by atoms with E-state index in [-0.39, 0.29) is 37.5 Å². The molecule has 0 saturated heterocycles. The molecule has 0 aliphatic carbocycles. The van der Waals surface area contributed by atoms with E-state index in [1.807, 2.05) is 24.3 Å². The van der Waals surface area contributed by atoms with Crippen LogP contribution in [-0.4, -0.2) is 37.2 Å². The summed E-state index contributed by atoms with van der Waals surface area (Å²) in [6.07, 6.45) is 73.2. The minimum atomic E-state index is -0.808. The summed E-state index contributed by atoms with van der Waals surface area (Å²) < 4.78 is 16.8.